The van der Waals surface area contributed by atoms with Gasteiger partial charge in [0.15, 0.2) is 0 Å². The minimum absolute atomic E-state index is 0.585. The Morgan fingerprint density at radius 1 is 0.606 bits per heavy atom. The normalized spacial score (nSPS) is 25.8. The second kappa shape index (κ2) is 13.0. The van der Waals surface area contributed by atoms with Crippen molar-refractivity contribution in [1.29, 1.82) is 0 Å². The number of halogens is 1. The predicted octanol–water partition coefficient (Wildman–Crippen LogP) is 10.2. The van der Waals surface area contributed by atoms with Crippen LogP contribution in [0.3, 0.4) is 0 Å². The van der Waals surface area contributed by atoms with Crippen LogP contribution in [0.4, 0.5) is 0 Å². The van der Waals surface area contributed by atoms with Crippen LogP contribution in [-0.4, -0.2) is 0 Å². The van der Waals surface area contributed by atoms with E-state index in [0.29, 0.717) is 5.88 Å². The molecule has 1 heteroatoms. The summed E-state index contributed by atoms with van der Waals surface area (Å²) in [6.45, 7) is 2.33. The maximum atomic E-state index is 5.92. The van der Waals surface area contributed by atoms with Crippen molar-refractivity contribution < 1.29 is 0 Å². The maximum absolute atomic E-state index is 5.92. The highest BCUT2D eigenvalue weighted by molar-refractivity contribution is 6.17. The second-order valence-corrected chi connectivity index (χ2v) is 11.4. The van der Waals surface area contributed by atoms with Crippen molar-refractivity contribution in [2.45, 2.75) is 103 Å². The van der Waals surface area contributed by atoms with Crippen molar-refractivity contribution in [2.75, 3.05) is 0 Å². The molecule has 0 unspecified atom stereocenters. The van der Waals surface area contributed by atoms with E-state index in [1.165, 1.54) is 112 Å². The van der Waals surface area contributed by atoms with Crippen molar-refractivity contribution in [3.63, 3.8) is 0 Å². The lowest BCUT2D eigenvalue weighted by atomic mass is 9.68. The van der Waals surface area contributed by atoms with Gasteiger partial charge in [0.1, 0.15) is 0 Å². The van der Waals surface area contributed by atoms with Crippen LogP contribution in [-0.2, 0) is 12.3 Å². The SMILES string of the molecule is CCCCCC1CCC(C2CCC(CCc3ccc(-c4ccc(CCl)cc4)cc3)CC2)CC1. The summed E-state index contributed by atoms with van der Waals surface area (Å²) in [4.78, 5) is 0. The summed E-state index contributed by atoms with van der Waals surface area (Å²) in [5.41, 5.74) is 5.27. The van der Waals surface area contributed by atoms with E-state index >= 15 is 0 Å². The van der Waals surface area contributed by atoms with Crippen LogP contribution in [0, 0.1) is 23.7 Å². The third-order valence-corrected chi connectivity index (χ3v) is 9.21. The van der Waals surface area contributed by atoms with Gasteiger partial charge in [-0.15, -0.1) is 11.6 Å². The smallest absolute Gasteiger partial charge is 0.0474 e. The van der Waals surface area contributed by atoms with Crippen LogP contribution in [0.5, 0.6) is 0 Å². The summed E-state index contributed by atoms with van der Waals surface area (Å²) >= 11 is 5.92. The standard InChI is InChI=1S/C32H45Cl/c1-2-3-4-5-25-8-16-29(17-9-25)30-18-10-26(11-19-30)6-7-27-12-20-31(21-13-27)32-22-14-28(24-33)15-23-32/h12-15,20-23,25-26,29-30H,2-11,16-19,24H2,1H3. The summed E-state index contributed by atoms with van der Waals surface area (Å²) in [6.07, 6.45) is 20.5. The van der Waals surface area contributed by atoms with Gasteiger partial charge < -0.3 is 0 Å². The van der Waals surface area contributed by atoms with E-state index in [-0.39, 0.29) is 0 Å². The van der Waals surface area contributed by atoms with Gasteiger partial charge in [-0.3, -0.25) is 0 Å². The number of aryl methyl sites for hydroxylation is 1. The van der Waals surface area contributed by atoms with Gasteiger partial charge in [0, 0.05) is 5.88 Å². The Morgan fingerprint density at radius 3 is 1.58 bits per heavy atom. The molecule has 2 aliphatic carbocycles. The average molecular weight is 465 g/mol. The molecule has 0 atom stereocenters. The van der Waals surface area contributed by atoms with Gasteiger partial charge in [0.05, 0.1) is 0 Å². The molecule has 4 rings (SSSR count). The van der Waals surface area contributed by atoms with Crippen LogP contribution >= 0.6 is 11.6 Å². The Balaban J connectivity index is 1.16. The summed E-state index contributed by atoms with van der Waals surface area (Å²) in [7, 11) is 0. The third kappa shape index (κ3) is 7.35. The molecule has 0 spiro atoms. The zero-order valence-electron chi connectivity index (χ0n) is 20.9. The molecule has 0 N–H and O–H groups in total. The topological polar surface area (TPSA) is 0 Å². The molecule has 2 aromatic carbocycles. The molecule has 0 saturated heterocycles. The Kier molecular flexibility index (Phi) is 9.78. The fourth-order valence-electron chi connectivity index (χ4n) is 6.60. The molecule has 0 aliphatic heterocycles. The molecule has 0 nitrogen and oxygen atoms in total. The summed E-state index contributed by atoms with van der Waals surface area (Å²) in [6, 6.07) is 17.9. The number of rotatable bonds is 10. The first-order chi connectivity index (χ1) is 16.2. The largest absolute Gasteiger partial charge is 0.122 e. The quantitative estimate of drug-likeness (QED) is 0.242. The highest BCUT2D eigenvalue weighted by Crippen LogP contribution is 2.43. The molecule has 0 heterocycles. The van der Waals surface area contributed by atoms with Gasteiger partial charge in [-0.25, -0.2) is 0 Å². The molecule has 0 bridgehead atoms. The Hall–Kier alpha value is -1.27. The molecule has 180 valence electrons. The van der Waals surface area contributed by atoms with Crippen molar-refractivity contribution in [3.8, 4) is 11.1 Å². The zero-order chi connectivity index (χ0) is 22.9. The number of benzene rings is 2. The summed E-state index contributed by atoms with van der Waals surface area (Å²) < 4.78 is 0. The highest BCUT2D eigenvalue weighted by atomic mass is 35.5. The van der Waals surface area contributed by atoms with Crippen LogP contribution in [0.15, 0.2) is 48.5 Å². The van der Waals surface area contributed by atoms with Crippen molar-refractivity contribution in [2.24, 2.45) is 23.7 Å². The third-order valence-electron chi connectivity index (χ3n) is 8.90. The van der Waals surface area contributed by atoms with Gasteiger partial charge >= 0.3 is 0 Å². The van der Waals surface area contributed by atoms with E-state index in [0.717, 1.165) is 23.7 Å². The molecular formula is C32H45Cl. The summed E-state index contributed by atoms with van der Waals surface area (Å²) in [5.74, 6) is 4.69. The Morgan fingerprint density at radius 2 is 1.09 bits per heavy atom. The van der Waals surface area contributed by atoms with Crippen molar-refractivity contribution in [1.82, 2.24) is 0 Å². The predicted molar refractivity (Wildman–Crippen MR) is 145 cm³/mol. The molecule has 2 aliphatic rings. The molecule has 0 aromatic heterocycles. The van der Waals surface area contributed by atoms with Gasteiger partial charge in [-0.05, 0) is 84.5 Å². The van der Waals surface area contributed by atoms with Crippen molar-refractivity contribution in [3.05, 3.63) is 59.7 Å². The van der Waals surface area contributed by atoms with Gasteiger partial charge in [0.2, 0.25) is 0 Å². The van der Waals surface area contributed by atoms with Gasteiger partial charge in [0.25, 0.3) is 0 Å². The average Bonchev–Trinajstić information content (AvgIpc) is 2.89. The van der Waals surface area contributed by atoms with Gasteiger partial charge in [-0.1, -0.05) is 107 Å². The van der Waals surface area contributed by atoms with Gasteiger partial charge in [-0.2, -0.15) is 0 Å². The van der Waals surface area contributed by atoms with Crippen LogP contribution in [0.2, 0.25) is 0 Å². The molecule has 0 amide bonds. The minimum atomic E-state index is 0.585. The van der Waals surface area contributed by atoms with Crippen molar-refractivity contribution >= 4 is 11.6 Å². The molecular weight excluding hydrogens is 420 g/mol. The Bertz CT molecular complexity index is 789. The molecule has 2 saturated carbocycles. The lowest BCUT2D eigenvalue weighted by molar-refractivity contribution is 0.140. The first kappa shape index (κ1) is 24.8. The molecule has 33 heavy (non-hydrogen) atoms. The lowest BCUT2D eigenvalue weighted by Crippen LogP contribution is -2.26. The number of alkyl halides is 1. The number of hydrogen-bond acceptors (Lipinski definition) is 0. The second-order valence-electron chi connectivity index (χ2n) is 11.1. The zero-order valence-corrected chi connectivity index (χ0v) is 21.7. The summed E-state index contributed by atoms with van der Waals surface area (Å²) in [5, 5.41) is 0. The fraction of sp³-hybridized carbons (Fsp3) is 0.625. The monoisotopic (exact) mass is 464 g/mol. The number of unbranched alkanes of at least 4 members (excludes halogenated alkanes) is 2. The fourth-order valence-corrected chi connectivity index (χ4v) is 6.78. The number of hydrogen-bond donors (Lipinski definition) is 0. The first-order valence-corrected chi connectivity index (χ1v) is 14.5. The van der Waals surface area contributed by atoms with Crippen LogP contribution in [0.1, 0.15) is 102 Å². The molecule has 2 aromatic rings. The maximum Gasteiger partial charge on any atom is 0.0474 e. The highest BCUT2D eigenvalue weighted by Gasteiger charge is 2.30. The van der Waals surface area contributed by atoms with Crippen LogP contribution < -0.4 is 0 Å². The minimum Gasteiger partial charge on any atom is -0.122 e. The first-order valence-electron chi connectivity index (χ1n) is 14.0. The van der Waals surface area contributed by atoms with E-state index < -0.39 is 0 Å². The van der Waals surface area contributed by atoms with E-state index in [1.807, 2.05) is 0 Å². The van der Waals surface area contributed by atoms with E-state index in [1.54, 1.807) is 0 Å². The van der Waals surface area contributed by atoms with E-state index in [9.17, 15) is 0 Å². The van der Waals surface area contributed by atoms with E-state index in [2.05, 4.69) is 55.5 Å². The Labute approximate surface area is 208 Å². The van der Waals surface area contributed by atoms with E-state index in [4.69, 9.17) is 11.6 Å². The molecule has 2 fully saturated rings. The lowest BCUT2D eigenvalue weighted by Gasteiger charge is -2.38. The van der Waals surface area contributed by atoms with Crippen LogP contribution in [0.25, 0.3) is 11.1 Å². The molecule has 0 radical (unpaired) electrons.